The van der Waals surface area contributed by atoms with Gasteiger partial charge in [0.25, 0.3) is 0 Å². The van der Waals surface area contributed by atoms with Crippen LogP contribution in [0, 0.1) is 0 Å². The average Bonchev–Trinajstić information content (AvgIpc) is 3.42. The standard InChI is InChI=1S/C27H25N3O2/c1-4-5-9-17(2)29-26(28-3)19-10-8-13-24-25(19)20-16-18(14-15-22(20)31-24)27-30-21-11-6-7-12-23(21)32-27/h4-5,7-8,10,12-16H,6,9,11H2,1-3H3/b5-4-,28-26?,29-17?. The van der Waals surface area contributed by atoms with Crippen molar-refractivity contribution >= 4 is 39.6 Å². The van der Waals surface area contributed by atoms with Crippen LogP contribution in [0.1, 0.15) is 43.7 Å². The fraction of sp³-hybridized carbons (Fsp3) is 0.222. The Morgan fingerprint density at radius 2 is 2.06 bits per heavy atom. The second-order valence-corrected chi connectivity index (χ2v) is 7.93. The minimum absolute atomic E-state index is 0.639. The quantitative estimate of drug-likeness (QED) is 0.202. The molecule has 5 rings (SSSR count). The van der Waals surface area contributed by atoms with Gasteiger partial charge >= 0.3 is 0 Å². The molecular weight excluding hydrogens is 398 g/mol. The van der Waals surface area contributed by atoms with Crippen LogP contribution in [0.25, 0.3) is 39.5 Å². The Labute approximate surface area is 186 Å². The third kappa shape index (κ3) is 3.60. The molecule has 4 aromatic rings. The van der Waals surface area contributed by atoms with Gasteiger partial charge in [-0.05, 0) is 57.0 Å². The Bertz CT molecular complexity index is 1430. The molecule has 0 spiro atoms. The molecule has 0 saturated carbocycles. The summed E-state index contributed by atoms with van der Waals surface area (Å²) in [7, 11) is 1.78. The third-order valence-corrected chi connectivity index (χ3v) is 5.69. The first-order valence-corrected chi connectivity index (χ1v) is 10.9. The van der Waals surface area contributed by atoms with E-state index in [4.69, 9.17) is 18.8 Å². The van der Waals surface area contributed by atoms with E-state index in [9.17, 15) is 0 Å². The van der Waals surface area contributed by atoms with E-state index >= 15 is 0 Å². The molecular formula is C27H25N3O2. The Morgan fingerprint density at radius 3 is 2.88 bits per heavy atom. The maximum atomic E-state index is 6.15. The van der Waals surface area contributed by atoms with E-state index < -0.39 is 0 Å². The van der Waals surface area contributed by atoms with Crippen molar-refractivity contribution in [2.45, 2.75) is 33.1 Å². The van der Waals surface area contributed by atoms with Gasteiger partial charge in [-0.2, -0.15) is 0 Å². The predicted molar refractivity (Wildman–Crippen MR) is 132 cm³/mol. The molecule has 0 aliphatic heterocycles. The number of aliphatic imine (C=N–C) groups is 2. The molecule has 160 valence electrons. The summed E-state index contributed by atoms with van der Waals surface area (Å²) in [5.41, 5.74) is 5.54. The summed E-state index contributed by atoms with van der Waals surface area (Å²) in [5, 5.41) is 2.01. The molecule has 0 radical (unpaired) electrons. The fourth-order valence-electron chi connectivity index (χ4n) is 4.10. The number of benzene rings is 2. The van der Waals surface area contributed by atoms with E-state index in [1.54, 1.807) is 7.05 Å². The lowest BCUT2D eigenvalue weighted by Gasteiger charge is -2.05. The fourth-order valence-corrected chi connectivity index (χ4v) is 4.10. The Kier molecular flexibility index (Phi) is 5.31. The molecule has 2 aromatic carbocycles. The number of fused-ring (bicyclic) bond motifs is 4. The summed E-state index contributed by atoms with van der Waals surface area (Å²) in [6.07, 6.45) is 11.0. The summed E-state index contributed by atoms with van der Waals surface area (Å²) in [4.78, 5) is 14.0. The molecule has 1 aliphatic rings. The van der Waals surface area contributed by atoms with Crippen LogP contribution in [0.2, 0.25) is 0 Å². The predicted octanol–water partition coefficient (Wildman–Crippen LogP) is 7.00. The number of hydrogen-bond acceptors (Lipinski definition) is 4. The highest BCUT2D eigenvalue weighted by molar-refractivity contribution is 6.20. The van der Waals surface area contributed by atoms with Crippen molar-refractivity contribution in [2.75, 3.05) is 7.05 Å². The van der Waals surface area contributed by atoms with E-state index in [0.29, 0.717) is 11.7 Å². The zero-order valence-corrected chi connectivity index (χ0v) is 18.6. The van der Waals surface area contributed by atoms with E-state index in [-0.39, 0.29) is 0 Å². The van der Waals surface area contributed by atoms with Crippen LogP contribution in [0.5, 0.6) is 0 Å². The summed E-state index contributed by atoms with van der Waals surface area (Å²) in [5.74, 6) is 2.19. The highest BCUT2D eigenvalue weighted by Crippen LogP contribution is 2.35. The van der Waals surface area contributed by atoms with Gasteiger partial charge in [0.05, 0.1) is 5.69 Å². The molecule has 5 heteroatoms. The van der Waals surface area contributed by atoms with Gasteiger partial charge in [-0.25, -0.2) is 9.98 Å². The van der Waals surface area contributed by atoms with Crippen LogP contribution in [-0.2, 0) is 6.42 Å². The molecule has 0 unspecified atom stereocenters. The highest BCUT2D eigenvalue weighted by Gasteiger charge is 2.18. The maximum Gasteiger partial charge on any atom is 0.226 e. The molecule has 0 fully saturated rings. The largest absolute Gasteiger partial charge is 0.456 e. The summed E-state index contributed by atoms with van der Waals surface area (Å²) in [6.45, 7) is 4.04. The number of allylic oxidation sites excluding steroid dienone is 3. The molecule has 0 N–H and O–H groups in total. The van der Waals surface area contributed by atoms with Crippen molar-refractivity contribution in [1.29, 1.82) is 0 Å². The van der Waals surface area contributed by atoms with Crippen molar-refractivity contribution in [3.05, 3.63) is 71.6 Å². The van der Waals surface area contributed by atoms with E-state index in [2.05, 4.69) is 23.2 Å². The second kappa shape index (κ2) is 8.42. The molecule has 32 heavy (non-hydrogen) atoms. The molecule has 0 amide bonds. The molecule has 5 nitrogen and oxygen atoms in total. The monoisotopic (exact) mass is 423 g/mol. The Morgan fingerprint density at radius 1 is 1.16 bits per heavy atom. The molecule has 0 saturated heterocycles. The van der Waals surface area contributed by atoms with Crippen molar-refractivity contribution in [1.82, 2.24) is 4.98 Å². The van der Waals surface area contributed by atoms with E-state index in [1.165, 1.54) is 0 Å². The van der Waals surface area contributed by atoms with Crippen molar-refractivity contribution in [2.24, 2.45) is 9.98 Å². The minimum atomic E-state index is 0.639. The van der Waals surface area contributed by atoms with Gasteiger partial charge in [-0.1, -0.05) is 30.4 Å². The summed E-state index contributed by atoms with van der Waals surface area (Å²) < 4.78 is 12.2. The zero-order valence-electron chi connectivity index (χ0n) is 18.6. The van der Waals surface area contributed by atoms with Crippen LogP contribution >= 0.6 is 0 Å². The number of aryl methyl sites for hydroxylation is 1. The number of rotatable bonds is 4. The first-order chi connectivity index (χ1) is 15.7. The number of nitrogens with zero attached hydrogens (tertiary/aromatic N) is 3. The average molecular weight is 424 g/mol. The lowest BCUT2D eigenvalue weighted by molar-refractivity contribution is 0.560. The number of oxazole rings is 1. The van der Waals surface area contributed by atoms with E-state index in [1.807, 2.05) is 56.3 Å². The first-order valence-electron chi connectivity index (χ1n) is 10.9. The minimum Gasteiger partial charge on any atom is -0.456 e. The van der Waals surface area contributed by atoms with Crippen LogP contribution in [0.4, 0.5) is 0 Å². The molecule has 0 bridgehead atoms. The zero-order chi connectivity index (χ0) is 22.1. The SMILES string of the molecule is C/C=C\CC(C)=NC(=NC)c1cccc2oc3ccc(-c4nc5c(o4)C=CCC5)cc3c12. The van der Waals surface area contributed by atoms with Crippen molar-refractivity contribution in [3.63, 3.8) is 0 Å². The highest BCUT2D eigenvalue weighted by atomic mass is 16.4. The van der Waals surface area contributed by atoms with Gasteiger partial charge in [0, 0.05) is 41.1 Å². The smallest absolute Gasteiger partial charge is 0.226 e. The number of aromatic nitrogens is 1. The van der Waals surface area contributed by atoms with Gasteiger partial charge in [-0.15, -0.1) is 0 Å². The molecule has 2 aromatic heterocycles. The summed E-state index contributed by atoms with van der Waals surface area (Å²) >= 11 is 0. The van der Waals surface area contributed by atoms with Gasteiger partial charge in [0.1, 0.15) is 11.2 Å². The normalized spacial score (nSPS) is 14.7. The van der Waals surface area contributed by atoms with Crippen LogP contribution in [0.3, 0.4) is 0 Å². The number of hydrogen-bond donors (Lipinski definition) is 0. The molecule has 0 atom stereocenters. The maximum absolute atomic E-state index is 6.15. The Hall–Kier alpha value is -3.73. The molecule has 2 heterocycles. The van der Waals surface area contributed by atoms with Gasteiger partial charge < -0.3 is 8.83 Å². The number of furan rings is 1. The van der Waals surface area contributed by atoms with Gasteiger partial charge in [-0.3, -0.25) is 4.99 Å². The molecule has 1 aliphatic carbocycles. The van der Waals surface area contributed by atoms with Crippen LogP contribution in [0.15, 0.2) is 73.4 Å². The Balaban J connectivity index is 1.65. The third-order valence-electron chi connectivity index (χ3n) is 5.69. The van der Waals surface area contributed by atoms with Crippen molar-refractivity contribution in [3.8, 4) is 11.5 Å². The van der Waals surface area contributed by atoms with Gasteiger partial charge in [0.15, 0.2) is 11.6 Å². The topological polar surface area (TPSA) is 63.9 Å². The van der Waals surface area contributed by atoms with Crippen molar-refractivity contribution < 1.29 is 8.83 Å². The van der Waals surface area contributed by atoms with Crippen LogP contribution < -0.4 is 0 Å². The van der Waals surface area contributed by atoms with Gasteiger partial charge in [0.2, 0.25) is 5.89 Å². The number of amidine groups is 1. The lowest BCUT2D eigenvalue weighted by Crippen LogP contribution is -2.02. The van der Waals surface area contributed by atoms with E-state index in [0.717, 1.165) is 69.5 Å². The van der Waals surface area contributed by atoms with Crippen LogP contribution in [-0.4, -0.2) is 23.6 Å². The first kappa shape index (κ1) is 20.2. The summed E-state index contributed by atoms with van der Waals surface area (Å²) in [6, 6.07) is 12.1. The second-order valence-electron chi connectivity index (χ2n) is 7.93. The lowest BCUT2D eigenvalue weighted by atomic mass is 10.0.